The van der Waals surface area contributed by atoms with Gasteiger partial charge in [0.25, 0.3) is 0 Å². The van der Waals surface area contributed by atoms with E-state index in [9.17, 15) is 0 Å². The van der Waals surface area contributed by atoms with Crippen molar-refractivity contribution < 1.29 is 0 Å². The van der Waals surface area contributed by atoms with Crippen LogP contribution < -0.4 is 5.32 Å². The number of anilines is 1. The number of aryl methyl sites for hydroxylation is 1. The van der Waals surface area contributed by atoms with E-state index in [4.69, 9.17) is 0 Å². The number of pyridine rings is 1. The summed E-state index contributed by atoms with van der Waals surface area (Å²) in [6.07, 6.45) is 3.95. The maximum absolute atomic E-state index is 4.45. The number of nitrogens with zero attached hydrogens (tertiary/aromatic N) is 2. The molecular formula is C16H17N3. The number of aromatic nitrogens is 2. The molecule has 19 heavy (non-hydrogen) atoms. The van der Waals surface area contributed by atoms with Crippen molar-refractivity contribution in [3.8, 4) is 0 Å². The van der Waals surface area contributed by atoms with Gasteiger partial charge in [-0.3, -0.25) is 4.98 Å². The topological polar surface area (TPSA) is 29.9 Å². The van der Waals surface area contributed by atoms with Crippen LogP contribution in [0.3, 0.4) is 0 Å². The number of fused-ring (bicyclic) bond motifs is 1. The lowest BCUT2D eigenvalue weighted by Gasteiger charge is -2.11. The van der Waals surface area contributed by atoms with Crippen molar-refractivity contribution in [2.24, 2.45) is 0 Å². The van der Waals surface area contributed by atoms with Crippen molar-refractivity contribution in [1.82, 2.24) is 9.55 Å². The first-order valence-electron chi connectivity index (χ1n) is 6.60. The molecule has 0 aliphatic heterocycles. The van der Waals surface area contributed by atoms with E-state index in [0.29, 0.717) is 0 Å². The monoisotopic (exact) mass is 251 g/mol. The van der Waals surface area contributed by atoms with Crippen LogP contribution in [0.5, 0.6) is 0 Å². The Kier molecular flexibility index (Phi) is 3.19. The van der Waals surface area contributed by atoms with E-state index < -0.39 is 0 Å². The molecule has 0 fully saturated rings. The fourth-order valence-electron chi connectivity index (χ4n) is 2.35. The Bertz CT molecular complexity index is 680. The summed E-state index contributed by atoms with van der Waals surface area (Å²) in [5.74, 6) is 0. The summed E-state index contributed by atoms with van der Waals surface area (Å²) in [6.45, 7) is 3.97. The van der Waals surface area contributed by atoms with Crippen LogP contribution in [-0.4, -0.2) is 9.55 Å². The number of benzene rings is 1. The van der Waals surface area contributed by atoms with Crippen LogP contribution in [0.4, 0.5) is 5.69 Å². The second-order valence-electron chi connectivity index (χ2n) is 4.52. The van der Waals surface area contributed by atoms with Gasteiger partial charge in [0.1, 0.15) is 0 Å². The molecule has 1 aromatic carbocycles. The van der Waals surface area contributed by atoms with Gasteiger partial charge in [0, 0.05) is 30.0 Å². The van der Waals surface area contributed by atoms with E-state index in [1.807, 2.05) is 12.3 Å². The predicted molar refractivity (Wildman–Crippen MR) is 79.2 cm³/mol. The van der Waals surface area contributed by atoms with Gasteiger partial charge in [-0.1, -0.05) is 18.2 Å². The van der Waals surface area contributed by atoms with Gasteiger partial charge < -0.3 is 9.88 Å². The van der Waals surface area contributed by atoms with Crippen LogP contribution in [0.15, 0.2) is 54.9 Å². The van der Waals surface area contributed by atoms with Gasteiger partial charge >= 0.3 is 0 Å². The minimum absolute atomic E-state index is 0.816. The van der Waals surface area contributed by atoms with Gasteiger partial charge in [0.05, 0.1) is 17.7 Å². The van der Waals surface area contributed by atoms with Crippen molar-refractivity contribution >= 4 is 16.6 Å². The van der Waals surface area contributed by atoms with E-state index in [0.717, 1.165) is 24.3 Å². The Balaban J connectivity index is 1.86. The maximum Gasteiger partial charge on any atom is 0.0933 e. The van der Waals surface area contributed by atoms with Gasteiger partial charge in [-0.25, -0.2) is 0 Å². The zero-order valence-electron chi connectivity index (χ0n) is 11.0. The average Bonchev–Trinajstić information content (AvgIpc) is 2.92. The highest BCUT2D eigenvalue weighted by atomic mass is 15.0. The largest absolute Gasteiger partial charge is 0.378 e. The van der Waals surface area contributed by atoms with Crippen LogP contribution >= 0.6 is 0 Å². The Labute approximate surface area is 112 Å². The molecule has 0 aliphatic carbocycles. The molecule has 0 bridgehead atoms. The Morgan fingerprint density at radius 1 is 1.11 bits per heavy atom. The minimum Gasteiger partial charge on any atom is -0.378 e. The highest BCUT2D eigenvalue weighted by Crippen LogP contribution is 2.21. The van der Waals surface area contributed by atoms with Crippen molar-refractivity contribution in [2.75, 3.05) is 5.32 Å². The quantitative estimate of drug-likeness (QED) is 0.766. The summed E-state index contributed by atoms with van der Waals surface area (Å²) in [5, 5.41) is 4.65. The molecule has 3 rings (SSSR count). The lowest BCUT2D eigenvalue weighted by molar-refractivity contribution is 0.724. The molecule has 0 unspecified atom stereocenters. The molecule has 0 saturated carbocycles. The highest BCUT2D eigenvalue weighted by molar-refractivity contribution is 5.90. The number of hydrogen-bond donors (Lipinski definition) is 1. The normalized spacial score (nSPS) is 10.8. The van der Waals surface area contributed by atoms with E-state index in [2.05, 4.69) is 64.4 Å². The molecule has 2 aromatic heterocycles. The third-order valence-corrected chi connectivity index (χ3v) is 3.36. The van der Waals surface area contributed by atoms with Crippen LogP contribution in [0.25, 0.3) is 10.9 Å². The molecule has 0 radical (unpaired) electrons. The van der Waals surface area contributed by atoms with Gasteiger partial charge in [-0.05, 0) is 31.2 Å². The zero-order valence-corrected chi connectivity index (χ0v) is 11.0. The molecule has 2 heterocycles. The maximum atomic E-state index is 4.45. The molecule has 0 atom stereocenters. The molecule has 0 saturated heterocycles. The lowest BCUT2D eigenvalue weighted by Crippen LogP contribution is -2.06. The molecule has 0 aliphatic rings. The van der Waals surface area contributed by atoms with Gasteiger partial charge in [-0.15, -0.1) is 0 Å². The SMILES string of the molecule is CCn1cccc1CNc1cccc2cccnc12. The van der Waals surface area contributed by atoms with E-state index in [-0.39, 0.29) is 0 Å². The van der Waals surface area contributed by atoms with E-state index in [1.165, 1.54) is 11.1 Å². The van der Waals surface area contributed by atoms with Crippen molar-refractivity contribution in [3.63, 3.8) is 0 Å². The van der Waals surface area contributed by atoms with Gasteiger partial charge in [0.15, 0.2) is 0 Å². The van der Waals surface area contributed by atoms with E-state index >= 15 is 0 Å². The molecule has 0 spiro atoms. The summed E-state index contributed by atoms with van der Waals surface area (Å²) >= 11 is 0. The number of hydrogen-bond acceptors (Lipinski definition) is 2. The smallest absolute Gasteiger partial charge is 0.0933 e. The Morgan fingerprint density at radius 2 is 2.00 bits per heavy atom. The summed E-state index contributed by atoms with van der Waals surface area (Å²) in [5.41, 5.74) is 3.40. The first-order valence-corrected chi connectivity index (χ1v) is 6.60. The molecule has 3 aromatic rings. The highest BCUT2D eigenvalue weighted by Gasteiger charge is 2.03. The predicted octanol–water partition coefficient (Wildman–Crippen LogP) is 3.67. The molecule has 3 heteroatoms. The number of rotatable bonds is 4. The fraction of sp³-hybridized carbons (Fsp3) is 0.188. The standard InChI is InChI=1S/C16H17N3/c1-2-19-11-5-8-14(19)12-18-15-9-3-6-13-7-4-10-17-16(13)15/h3-11,18H,2,12H2,1H3. The summed E-state index contributed by atoms with van der Waals surface area (Å²) < 4.78 is 2.24. The Morgan fingerprint density at radius 3 is 2.89 bits per heavy atom. The zero-order chi connectivity index (χ0) is 13.1. The Hall–Kier alpha value is -2.29. The second-order valence-corrected chi connectivity index (χ2v) is 4.52. The number of nitrogens with one attached hydrogen (secondary N) is 1. The van der Waals surface area contributed by atoms with Crippen LogP contribution in [0.1, 0.15) is 12.6 Å². The van der Waals surface area contributed by atoms with E-state index in [1.54, 1.807) is 0 Å². The lowest BCUT2D eigenvalue weighted by atomic mass is 10.2. The molecule has 3 nitrogen and oxygen atoms in total. The second kappa shape index (κ2) is 5.14. The summed E-state index contributed by atoms with van der Waals surface area (Å²) in [4.78, 5) is 4.45. The van der Waals surface area contributed by atoms with Crippen LogP contribution in [-0.2, 0) is 13.1 Å². The van der Waals surface area contributed by atoms with Crippen LogP contribution in [0.2, 0.25) is 0 Å². The van der Waals surface area contributed by atoms with Gasteiger partial charge in [-0.2, -0.15) is 0 Å². The summed E-state index contributed by atoms with van der Waals surface area (Å²) in [7, 11) is 0. The first kappa shape index (κ1) is 11.8. The van der Waals surface area contributed by atoms with Crippen LogP contribution in [0, 0.1) is 0 Å². The number of para-hydroxylation sites is 1. The molecule has 1 N–H and O–H groups in total. The van der Waals surface area contributed by atoms with Crippen molar-refractivity contribution in [3.05, 3.63) is 60.6 Å². The van der Waals surface area contributed by atoms with Crippen molar-refractivity contribution in [1.29, 1.82) is 0 Å². The first-order chi connectivity index (χ1) is 9.38. The fourth-order valence-corrected chi connectivity index (χ4v) is 2.35. The van der Waals surface area contributed by atoms with Crippen molar-refractivity contribution in [2.45, 2.75) is 20.0 Å². The third kappa shape index (κ3) is 2.32. The summed E-state index contributed by atoms with van der Waals surface area (Å²) in [6, 6.07) is 14.5. The molecule has 0 amide bonds. The average molecular weight is 251 g/mol. The molecule has 96 valence electrons. The molecular weight excluding hydrogens is 234 g/mol. The van der Waals surface area contributed by atoms with Gasteiger partial charge in [0.2, 0.25) is 0 Å². The minimum atomic E-state index is 0.816. The third-order valence-electron chi connectivity index (χ3n) is 3.36.